The lowest BCUT2D eigenvalue weighted by atomic mass is 10.0. The summed E-state index contributed by atoms with van der Waals surface area (Å²) in [6, 6.07) is -0.635. The molecule has 146 valence electrons. The Kier molecular flexibility index (Phi) is 15.0. The van der Waals surface area contributed by atoms with Crippen LogP contribution in [0.4, 0.5) is 4.79 Å². The van der Waals surface area contributed by atoms with Gasteiger partial charge < -0.3 is 14.8 Å². The summed E-state index contributed by atoms with van der Waals surface area (Å²) in [5.74, 6) is -0.0910. The third-order valence-electron chi connectivity index (χ3n) is 3.86. The fourth-order valence-corrected chi connectivity index (χ4v) is 2.55. The molecule has 25 heavy (non-hydrogen) atoms. The molecular weight excluding hydrogens is 318 g/mol. The minimum absolute atomic E-state index is 0.278. The molecule has 0 saturated heterocycles. The Balaban J connectivity index is 3.86. The molecule has 0 radical (unpaired) electrons. The summed E-state index contributed by atoms with van der Waals surface area (Å²) in [5, 5.41) is 2.59. The monoisotopic (exact) mass is 355 g/mol. The number of allylic oxidation sites excluding steroid dienone is 1. The van der Waals surface area contributed by atoms with Crippen molar-refractivity contribution >= 4 is 12.1 Å². The lowest BCUT2D eigenvalue weighted by Crippen LogP contribution is -2.43. The average Bonchev–Trinajstić information content (AvgIpc) is 2.55. The van der Waals surface area contributed by atoms with E-state index in [-0.39, 0.29) is 18.5 Å². The highest BCUT2D eigenvalue weighted by Crippen LogP contribution is 2.10. The van der Waals surface area contributed by atoms with Crippen LogP contribution in [-0.4, -0.2) is 31.3 Å². The van der Waals surface area contributed by atoms with Gasteiger partial charge in [0, 0.05) is 0 Å². The van der Waals surface area contributed by atoms with Crippen molar-refractivity contribution < 1.29 is 19.1 Å². The molecule has 0 aliphatic carbocycles. The van der Waals surface area contributed by atoms with Gasteiger partial charge >= 0.3 is 12.1 Å². The summed E-state index contributed by atoms with van der Waals surface area (Å²) < 4.78 is 10.2. The standard InChI is InChI=1S/C20H37NO4/c1-5-7-8-9-10-11-12-13-14-15-25-19(22)18(16-17(3)4)21-20(23)24-6-2/h5,17-18H,1,6-16H2,2-4H3,(H,21,23)/t18-/m0/s1. The molecule has 0 spiro atoms. The number of rotatable bonds is 15. The lowest BCUT2D eigenvalue weighted by molar-refractivity contribution is -0.146. The Hall–Kier alpha value is -1.52. The quantitative estimate of drug-likeness (QED) is 0.255. The van der Waals surface area contributed by atoms with Gasteiger partial charge in [-0.15, -0.1) is 6.58 Å². The van der Waals surface area contributed by atoms with Gasteiger partial charge in [-0.25, -0.2) is 9.59 Å². The third kappa shape index (κ3) is 14.5. The highest BCUT2D eigenvalue weighted by molar-refractivity contribution is 5.81. The molecule has 0 bridgehead atoms. The van der Waals surface area contributed by atoms with E-state index in [4.69, 9.17) is 9.47 Å². The first-order chi connectivity index (χ1) is 12.0. The predicted molar refractivity (Wildman–Crippen MR) is 101 cm³/mol. The van der Waals surface area contributed by atoms with Crippen molar-refractivity contribution in [1.82, 2.24) is 5.32 Å². The Morgan fingerprint density at radius 1 is 1.00 bits per heavy atom. The average molecular weight is 356 g/mol. The van der Waals surface area contributed by atoms with Gasteiger partial charge in [0.05, 0.1) is 13.2 Å². The Labute approximate surface area is 153 Å². The minimum Gasteiger partial charge on any atom is -0.464 e. The Bertz CT molecular complexity index is 369. The summed E-state index contributed by atoms with van der Waals surface area (Å²) in [5.41, 5.74) is 0. The Morgan fingerprint density at radius 2 is 1.60 bits per heavy atom. The maximum absolute atomic E-state index is 12.2. The lowest BCUT2D eigenvalue weighted by Gasteiger charge is -2.19. The van der Waals surface area contributed by atoms with E-state index in [0.29, 0.717) is 13.0 Å². The summed E-state index contributed by atoms with van der Waals surface area (Å²) in [6.45, 7) is 10.2. The zero-order valence-corrected chi connectivity index (χ0v) is 16.4. The summed E-state index contributed by atoms with van der Waals surface area (Å²) in [6.07, 6.45) is 11.1. The number of nitrogens with one attached hydrogen (secondary N) is 1. The number of esters is 1. The first kappa shape index (κ1) is 23.5. The second-order valence-corrected chi connectivity index (χ2v) is 6.77. The van der Waals surface area contributed by atoms with Crippen LogP contribution in [0.3, 0.4) is 0 Å². The van der Waals surface area contributed by atoms with Crippen LogP contribution in [0.15, 0.2) is 12.7 Å². The van der Waals surface area contributed by atoms with E-state index in [1.54, 1.807) is 6.92 Å². The van der Waals surface area contributed by atoms with Crippen LogP contribution < -0.4 is 5.32 Å². The van der Waals surface area contributed by atoms with Crippen molar-refractivity contribution in [2.45, 2.75) is 84.6 Å². The molecule has 5 nitrogen and oxygen atoms in total. The van der Waals surface area contributed by atoms with Crippen molar-refractivity contribution in [3.63, 3.8) is 0 Å². The number of ether oxygens (including phenoxy) is 2. The SMILES string of the molecule is C=CCCCCCCCCCOC(=O)[C@H](CC(C)C)NC(=O)OCC. The van der Waals surface area contributed by atoms with Gasteiger partial charge in [-0.05, 0) is 38.5 Å². The fourth-order valence-electron chi connectivity index (χ4n) is 2.55. The van der Waals surface area contributed by atoms with Gasteiger partial charge in [0.25, 0.3) is 0 Å². The smallest absolute Gasteiger partial charge is 0.407 e. The molecule has 0 aromatic rings. The normalized spacial score (nSPS) is 11.8. The molecule has 1 N–H and O–H groups in total. The van der Waals surface area contributed by atoms with E-state index in [1.807, 2.05) is 19.9 Å². The minimum atomic E-state index is -0.635. The maximum Gasteiger partial charge on any atom is 0.407 e. The van der Waals surface area contributed by atoms with Crippen molar-refractivity contribution in [3.8, 4) is 0 Å². The zero-order chi connectivity index (χ0) is 18.9. The largest absolute Gasteiger partial charge is 0.464 e. The van der Waals surface area contributed by atoms with Crippen LogP contribution in [0, 0.1) is 5.92 Å². The molecule has 1 atom stereocenters. The number of unbranched alkanes of at least 4 members (excludes halogenated alkanes) is 7. The molecule has 0 aliphatic rings. The summed E-state index contributed by atoms with van der Waals surface area (Å²) >= 11 is 0. The topological polar surface area (TPSA) is 64.6 Å². The van der Waals surface area contributed by atoms with Crippen molar-refractivity contribution in [3.05, 3.63) is 12.7 Å². The van der Waals surface area contributed by atoms with Gasteiger partial charge in [0.2, 0.25) is 0 Å². The molecule has 0 aromatic heterocycles. The number of hydrogen-bond donors (Lipinski definition) is 1. The van der Waals surface area contributed by atoms with Crippen LogP contribution in [0.5, 0.6) is 0 Å². The molecule has 0 aliphatic heterocycles. The highest BCUT2D eigenvalue weighted by atomic mass is 16.6. The van der Waals surface area contributed by atoms with Crippen LogP contribution in [0.1, 0.15) is 78.6 Å². The zero-order valence-electron chi connectivity index (χ0n) is 16.4. The third-order valence-corrected chi connectivity index (χ3v) is 3.86. The Morgan fingerprint density at radius 3 is 2.16 bits per heavy atom. The predicted octanol–water partition coefficient (Wildman–Crippen LogP) is 5.00. The first-order valence-corrected chi connectivity index (χ1v) is 9.72. The van der Waals surface area contributed by atoms with Gasteiger partial charge in [0.15, 0.2) is 0 Å². The first-order valence-electron chi connectivity index (χ1n) is 9.72. The van der Waals surface area contributed by atoms with E-state index in [1.165, 1.54) is 32.1 Å². The van der Waals surface area contributed by atoms with E-state index >= 15 is 0 Å². The van der Waals surface area contributed by atoms with Crippen molar-refractivity contribution in [1.29, 1.82) is 0 Å². The maximum atomic E-state index is 12.2. The van der Waals surface area contributed by atoms with Gasteiger partial charge in [-0.3, -0.25) is 0 Å². The molecule has 0 rings (SSSR count). The summed E-state index contributed by atoms with van der Waals surface area (Å²) in [7, 11) is 0. The molecule has 5 heteroatoms. The molecule has 0 fully saturated rings. The second kappa shape index (κ2) is 16.0. The number of hydrogen-bond acceptors (Lipinski definition) is 4. The number of amides is 1. The molecular formula is C20H37NO4. The molecule has 1 amide bonds. The van der Waals surface area contributed by atoms with Crippen LogP contribution in [0.25, 0.3) is 0 Å². The van der Waals surface area contributed by atoms with Crippen LogP contribution >= 0.6 is 0 Å². The highest BCUT2D eigenvalue weighted by Gasteiger charge is 2.23. The molecule has 0 unspecified atom stereocenters. The van der Waals surface area contributed by atoms with Gasteiger partial charge in [-0.2, -0.15) is 0 Å². The molecule has 0 heterocycles. The van der Waals surface area contributed by atoms with Crippen LogP contribution in [-0.2, 0) is 14.3 Å². The number of alkyl carbamates (subject to hydrolysis) is 1. The van der Waals surface area contributed by atoms with Gasteiger partial charge in [-0.1, -0.05) is 52.0 Å². The van der Waals surface area contributed by atoms with E-state index in [2.05, 4.69) is 11.9 Å². The molecule has 0 saturated carbocycles. The fraction of sp³-hybridized carbons (Fsp3) is 0.800. The van der Waals surface area contributed by atoms with Crippen molar-refractivity contribution in [2.75, 3.05) is 13.2 Å². The van der Waals surface area contributed by atoms with E-state index in [9.17, 15) is 9.59 Å². The second-order valence-electron chi connectivity index (χ2n) is 6.77. The number of carbonyl (C=O) groups is 2. The van der Waals surface area contributed by atoms with Crippen molar-refractivity contribution in [2.24, 2.45) is 5.92 Å². The summed E-state index contributed by atoms with van der Waals surface area (Å²) in [4.78, 5) is 23.7. The van der Waals surface area contributed by atoms with E-state index < -0.39 is 12.1 Å². The van der Waals surface area contributed by atoms with Gasteiger partial charge in [0.1, 0.15) is 6.04 Å². The molecule has 0 aromatic carbocycles. The number of carbonyl (C=O) groups excluding carboxylic acids is 2. The van der Waals surface area contributed by atoms with Crippen LogP contribution in [0.2, 0.25) is 0 Å². The van der Waals surface area contributed by atoms with E-state index in [0.717, 1.165) is 19.3 Å².